The van der Waals surface area contributed by atoms with Gasteiger partial charge in [0.05, 0.1) is 11.6 Å². The van der Waals surface area contributed by atoms with Crippen LogP contribution >= 0.6 is 0 Å². The molecule has 1 amide bonds. The van der Waals surface area contributed by atoms with E-state index in [2.05, 4.69) is 11.4 Å². The van der Waals surface area contributed by atoms with Gasteiger partial charge in [0, 0.05) is 6.54 Å². The molecule has 4 nitrogen and oxygen atoms in total. The largest absolute Gasteiger partial charge is 0.484 e. The number of ether oxygens (including phenoxy) is 1. The number of amides is 1. The molecule has 132 valence electrons. The highest BCUT2D eigenvalue weighted by molar-refractivity contribution is 5.77. The van der Waals surface area contributed by atoms with Gasteiger partial charge < -0.3 is 10.1 Å². The molecule has 1 N–H and O–H groups in total. The monoisotopic (exact) mass is 338 g/mol. The molecule has 4 aliphatic carbocycles. The van der Waals surface area contributed by atoms with Crippen LogP contribution in [0.3, 0.4) is 0 Å². The van der Waals surface area contributed by atoms with Crippen molar-refractivity contribution < 1.29 is 9.53 Å². The summed E-state index contributed by atoms with van der Waals surface area (Å²) in [6.07, 6.45) is 9.67. The van der Waals surface area contributed by atoms with Crippen molar-refractivity contribution in [2.45, 2.75) is 44.9 Å². The van der Waals surface area contributed by atoms with Gasteiger partial charge in [0.2, 0.25) is 0 Å². The van der Waals surface area contributed by atoms with E-state index in [4.69, 9.17) is 10.00 Å². The van der Waals surface area contributed by atoms with Gasteiger partial charge in [-0.1, -0.05) is 0 Å². The van der Waals surface area contributed by atoms with Crippen molar-refractivity contribution >= 4 is 5.91 Å². The maximum atomic E-state index is 12.0. The third-order valence-electron chi connectivity index (χ3n) is 6.50. The molecule has 4 fully saturated rings. The molecule has 0 saturated heterocycles. The molecule has 0 atom stereocenters. The van der Waals surface area contributed by atoms with Crippen molar-refractivity contribution in [1.82, 2.24) is 5.32 Å². The van der Waals surface area contributed by atoms with E-state index in [0.717, 1.165) is 30.7 Å². The van der Waals surface area contributed by atoms with Gasteiger partial charge in [-0.05, 0) is 92.4 Å². The predicted octanol–water partition coefficient (Wildman–Crippen LogP) is 3.66. The van der Waals surface area contributed by atoms with E-state index in [1.165, 1.54) is 38.5 Å². The summed E-state index contributed by atoms with van der Waals surface area (Å²) < 4.78 is 5.49. The topological polar surface area (TPSA) is 62.1 Å². The first-order chi connectivity index (χ1) is 12.1. The van der Waals surface area contributed by atoms with Crippen LogP contribution in [0.5, 0.6) is 5.75 Å². The fourth-order valence-electron chi connectivity index (χ4n) is 5.89. The Morgan fingerprint density at radius 2 is 1.72 bits per heavy atom. The number of benzene rings is 1. The van der Waals surface area contributed by atoms with Gasteiger partial charge in [-0.2, -0.15) is 5.26 Å². The molecule has 0 heterocycles. The molecule has 4 heteroatoms. The molecule has 25 heavy (non-hydrogen) atoms. The highest BCUT2D eigenvalue weighted by Gasteiger charge is 2.50. The minimum Gasteiger partial charge on any atom is -0.484 e. The minimum absolute atomic E-state index is 0.0345. The zero-order valence-electron chi connectivity index (χ0n) is 14.7. The average molecular weight is 338 g/mol. The second-order valence-corrected chi connectivity index (χ2v) is 8.44. The Hall–Kier alpha value is -2.02. The number of hydrogen-bond acceptors (Lipinski definition) is 3. The number of rotatable bonds is 6. The normalized spacial score (nSPS) is 32.2. The minimum atomic E-state index is -0.0610. The van der Waals surface area contributed by atoms with Crippen molar-refractivity contribution in [3.8, 4) is 11.8 Å². The van der Waals surface area contributed by atoms with Gasteiger partial charge in [0.15, 0.2) is 6.61 Å². The number of carbonyl (C=O) groups is 1. The molecule has 1 aromatic carbocycles. The van der Waals surface area contributed by atoms with Crippen LogP contribution < -0.4 is 10.1 Å². The van der Waals surface area contributed by atoms with Crippen LogP contribution in [0.4, 0.5) is 0 Å². The number of carbonyl (C=O) groups excluding carboxylic acids is 1. The van der Waals surface area contributed by atoms with Crippen LogP contribution in [-0.2, 0) is 4.79 Å². The fourth-order valence-corrected chi connectivity index (χ4v) is 5.89. The Morgan fingerprint density at radius 1 is 1.12 bits per heavy atom. The molecular formula is C21H26N2O2. The van der Waals surface area contributed by atoms with Crippen LogP contribution in [0.25, 0.3) is 0 Å². The fraction of sp³-hybridized carbons (Fsp3) is 0.619. The molecule has 1 aromatic rings. The maximum Gasteiger partial charge on any atom is 0.257 e. The summed E-state index contributed by atoms with van der Waals surface area (Å²) in [5.41, 5.74) is 1.10. The van der Waals surface area contributed by atoms with E-state index >= 15 is 0 Å². The first-order valence-electron chi connectivity index (χ1n) is 9.54. The predicted molar refractivity (Wildman–Crippen MR) is 94.9 cm³/mol. The van der Waals surface area contributed by atoms with Crippen molar-refractivity contribution in [3.05, 3.63) is 29.8 Å². The zero-order valence-corrected chi connectivity index (χ0v) is 14.7. The Bertz CT molecular complexity index is 639. The Kier molecular flexibility index (Phi) is 4.41. The average Bonchev–Trinajstić information content (AvgIpc) is 2.59. The standard InChI is InChI=1S/C21H26N2O2/c22-13-15-1-3-19(4-2-15)25-14-20(24)23-6-5-21-10-16-7-17(11-21)9-18(8-16)12-21/h1-4,16-18H,5-12,14H2,(H,23,24). The molecule has 0 unspecified atom stereocenters. The summed E-state index contributed by atoms with van der Waals surface area (Å²) in [6.45, 7) is 0.800. The molecular weight excluding hydrogens is 312 g/mol. The maximum absolute atomic E-state index is 12.0. The smallest absolute Gasteiger partial charge is 0.257 e. The lowest BCUT2D eigenvalue weighted by atomic mass is 9.49. The summed E-state index contributed by atoms with van der Waals surface area (Å²) in [7, 11) is 0. The van der Waals surface area contributed by atoms with E-state index < -0.39 is 0 Å². The first-order valence-corrected chi connectivity index (χ1v) is 9.54. The molecule has 4 bridgehead atoms. The Morgan fingerprint density at radius 3 is 2.28 bits per heavy atom. The van der Waals surface area contributed by atoms with Crippen molar-refractivity contribution in [2.75, 3.05) is 13.2 Å². The Balaban J connectivity index is 1.21. The molecule has 5 rings (SSSR count). The third-order valence-corrected chi connectivity index (χ3v) is 6.50. The van der Waals surface area contributed by atoms with E-state index in [1.54, 1.807) is 24.3 Å². The lowest BCUT2D eigenvalue weighted by Crippen LogP contribution is -2.47. The molecule has 0 aromatic heterocycles. The van der Waals surface area contributed by atoms with Crippen LogP contribution in [0.15, 0.2) is 24.3 Å². The van der Waals surface area contributed by atoms with Gasteiger partial charge in [-0.15, -0.1) is 0 Å². The van der Waals surface area contributed by atoms with Crippen molar-refractivity contribution in [3.63, 3.8) is 0 Å². The van der Waals surface area contributed by atoms with Gasteiger partial charge in [-0.25, -0.2) is 0 Å². The van der Waals surface area contributed by atoms with Crippen molar-refractivity contribution in [1.29, 1.82) is 5.26 Å². The lowest BCUT2D eigenvalue weighted by molar-refractivity contribution is -0.123. The number of nitrogens with zero attached hydrogens (tertiary/aromatic N) is 1. The summed E-state index contributed by atoms with van der Waals surface area (Å²) in [6, 6.07) is 8.90. The first kappa shape index (κ1) is 16.4. The van der Waals surface area contributed by atoms with E-state index in [9.17, 15) is 4.79 Å². The van der Waals surface area contributed by atoms with Gasteiger partial charge >= 0.3 is 0 Å². The lowest BCUT2D eigenvalue weighted by Gasteiger charge is -2.57. The number of hydrogen-bond donors (Lipinski definition) is 1. The molecule has 0 radical (unpaired) electrons. The highest BCUT2D eigenvalue weighted by Crippen LogP contribution is 2.61. The zero-order chi connectivity index (χ0) is 17.3. The summed E-state index contributed by atoms with van der Waals surface area (Å²) in [5, 5.41) is 11.8. The van der Waals surface area contributed by atoms with Crippen LogP contribution in [-0.4, -0.2) is 19.1 Å². The SMILES string of the molecule is N#Cc1ccc(OCC(=O)NCCC23CC4CC(CC(C4)C2)C3)cc1. The summed E-state index contributed by atoms with van der Waals surface area (Å²) in [5.74, 6) is 3.44. The van der Waals surface area contributed by atoms with Crippen LogP contribution in [0.1, 0.15) is 50.5 Å². The highest BCUT2D eigenvalue weighted by atomic mass is 16.5. The van der Waals surface area contributed by atoms with Gasteiger partial charge in [0.25, 0.3) is 5.91 Å². The second kappa shape index (κ2) is 6.71. The van der Waals surface area contributed by atoms with Crippen LogP contribution in [0.2, 0.25) is 0 Å². The van der Waals surface area contributed by atoms with Crippen molar-refractivity contribution in [2.24, 2.45) is 23.2 Å². The van der Waals surface area contributed by atoms with E-state index in [-0.39, 0.29) is 12.5 Å². The number of nitrogens with one attached hydrogen (secondary N) is 1. The Labute approximate surface area is 149 Å². The molecule has 4 aliphatic rings. The summed E-state index contributed by atoms with van der Waals surface area (Å²) >= 11 is 0. The second-order valence-electron chi connectivity index (χ2n) is 8.44. The van der Waals surface area contributed by atoms with E-state index in [0.29, 0.717) is 16.7 Å². The van der Waals surface area contributed by atoms with Gasteiger partial charge in [-0.3, -0.25) is 4.79 Å². The third kappa shape index (κ3) is 3.66. The summed E-state index contributed by atoms with van der Waals surface area (Å²) in [4.78, 5) is 12.0. The van der Waals surface area contributed by atoms with E-state index in [1.807, 2.05) is 0 Å². The molecule has 0 aliphatic heterocycles. The van der Waals surface area contributed by atoms with Gasteiger partial charge in [0.1, 0.15) is 5.75 Å². The molecule has 4 saturated carbocycles. The molecule has 0 spiro atoms. The quantitative estimate of drug-likeness (QED) is 0.861. The number of nitriles is 1. The van der Waals surface area contributed by atoms with Crippen LogP contribution in [0, 0.1) is 34.5 Å².